The molecule has 1 aromatic rings. The van der Waals surface area contributed by atoms with E-state index in [0.717, 1.165) is 6.07 Å². The summed E-state index contributed by atoms with van der Waals surface area (Å²) in [5.41, 5.74) is -0.0812. The van der Waals surface area contributed by atoms with Crippen LogP contribution in [0.3, 0.4) is 0 Å². The minimum Gasteiger partial charge on any atom is -0.506 e. The monoisotopic (exact) mass is 281 g/mol. The summed E-state index contributed by atoms with van der Waals surface area (Å²) in [6.45, 7) is 1.90. The van der Waals surface area contributed by atoms with Crippen LogP contribution in [0, 0.1) is 0 Å². The average Bonchev–Trinajstić information content (AvgIpc) is 2.39. The zero-order chi connectivity index (χ0) is 15.1. The number of amides is 1. The number of benzene rings is 1. The van der Waals surface area contributed by atoms with E-state index in [1.165, 1.54) is 12.1 Å². The number of ether oxygens (including phenoxy) is 1. The number of carboxylic acids is 1. The van der Waals surface area contributed by atoms with E-state index in [1.54, 1.807) is 6.92 Å². The van der Waals surface area contributed by atoms with Gasteiger partial charge < -0.3 is 20.3 Å². The number of phenolic OH excluding ortho intramolecular Hbond substituents is 1. The van der Waals surface area contributed by atoms with Crippen molar-refractivity contribution in [1.29, 1.82) is 0 Å². The number of phenols is 1. The molecule has 1 rings (SSSR count). The van der Waals surface area contributed by atoms with Crippen molar-refractivity contribution in [2.24, 2.45) is 0 Å². The Morgan fingerprint density at radius 3 is 2.55 bits per heavy atom. The molecule has 7 nitrogen and oxygen atoms in total. The van der Waals surface area contributed by atoms with Crippen LogP contribution in [-0.2, 0) is 14.3 Å². The lowest BCUT2D eigenvalue weighted by atomic mass is 10.2. The lowest BCUT2D eigenvalue weighted by Crippen LogP contribution is -2.15. The molecule has 0 saturated heterocycles. The summed E-state index contributed by atoms with van der Waals surface area (Å²) in [5.74, 6) is -2.44. The molecule has 0 bridgehead atoms. The van der Waals surface area contributed by atoms with Crippen molar-refractivity contribution in [2.45, 2.75) is 19.8 Å². The van der Waals surface area contributed by atoms with Crippen molar-refractivity contribution in [3.8, 4) is 5.75 Å². The first-order chi connectivity index (χ1) is 9.43. The van der Waals surface area contributed by atoms with Crippen molar-refractivity contribution in [3.05, 3.63) is 23.8 Å². The number of carboxylic acid groups (broad SMARTS) is 1. The van der Waals surface area contributed by atoms with Crippen LogP contribution in [0.2, 0.25) is 0 Å². The highest BCUT2D eigenvalue weighted by Gasteiger charge is 2.12. The highest BCUT2D eigenvalue weighted by Crippen LogP contribution is 2.24. The fourth-order valence-electron chi connectivity index (χ4n) is 1.43. The van der Waals surface area contributed by atoms with E-state index >= 15 is 0 Å². The standard InChI is InChI=1S/C13H15NO6/c1-2-20-12(17)6-5-11(16)14-9-7-8(13(18)19)3-4-10(9)15/h3-4,7,15H,2,5-6H2,1H3,(H,14,16)(H,18,19). The first-order valence-electron chi connectivity index (χ1n) is 5.95. The molecule has 0 saturated carbocycles. The number of rotatable bonds is 6. The van der Waals surface area contributed by atoms with Gasteiger partial charge in [-0.2, -0.15) is 0 Å². The normalized spacial score (nSPS) is 9.85. The SMILES string of the molecule is CCOC(=O)CCC(=O)Nc1cc(C(=O)O)ccc1O. The summed E-state index contributed by atoms with van der Waals surface area (Å²) in [5, 5.41) is 20.7. The molecule has 3 N–H and O–H groups in total. The van der Waals surface area contributed by atoms with E-state index in [1.807, 2.05) is 0 Å². The van der Waals surface area contributed by atoms with Crippen LogP contribution in [-0.4, -0.2) is 34.7 Å². The number of carbonyl (C=O) groups excluding carboxylic acids is 2. The molecule has 0 fully saturated rings. The maximum absolute atomic E-state index is 11.6. The topological polar surface area (TPSA) is 113 Å². The minimum absolute atomic E-state index is 0.0150. The molecule has 0 aliphatic heterocycles. The van der Waals surface area contributed by atoms with Gasteiger partial charge in [0.25, 0.3) is 0 Å². The molecular weight excluding hydrogens is 266 g/mol. The van der Waals surface area contributed by atoms with Gasteiger partial charge in [-0.25, -0.2) is 4.79 Å². The van der Waals surface area contributed by atoms with Crippen molar-refractivity contribution in [3.63, 3.8) is 0 Å². The van der Waals surface area contributed by atoms with E-state index in [4.69, 9.17) is 5.11 Å². The third-order valence-corrected chi connectivity index (χ3v) is 2.38. The van der Waals surface area contributed by atoms with Crippen LogP contribution in [0.5, 0.6) is 5.75 Å². The Morgan fingerprint density at radius 1 is 1.25 bits per heavy atom. The van der Waals surface area contributed by atoms with Gasteiger partial charge in [-0.15, -0.1) is 0 Å². The van der Waals surface area contributed by atoms with E-state index in [0.29, 0.717) is 0 Å². The highest BCUT2D eigenvalue weighted by atomic mass is 16.5. The Labute approximate surface area is 115 Å². The number of hydrogen-bond donors (Lipinski definition) is 3. The van der Waals surface area contributed by atoms with Crippen LogP contribution < -0.4 is 5.32 Å². The third kappa shape index (κ3) is 4.60. The second-order valence-electron chi connectivity index (χ2n) is 3.89. The molecule has 0 unspecified atom stereocenters. The molecule has 0 heterocycles. The maximum Gasteiger partial charge on any atom is 0.335 e. The number of esters is 1. The summed E-state index contributed by atoms with van der Waals surface area (Å²) in [6, 6.07) is 3.52. The van der Waals surface area contributed by atoms with Crippen molar-refractivity contribution >= 4 is 23.5 Å². The molecule has 7 heteroatoms. The lowest BCUT2D eigenvalue weighted by Gasteiger charge is -2.08. The van der Waals surface area contributed by atoms with E-state index in [2.05, 4.69) is 10.1 Å². The van der Waals surface area contributed by atoms with Crippen molar-refractivity contribution in [2.75, 3.05) is 11.9 Å². The minimum atomic E-state index is -1.17. The van der Waals surface area contributed by atoms with Gasteiger partial charge in [0.05, 0.1) is 24.3 Å². The van der Waals surface area contributed by atoms with Crippen molar-refractivity contribution < 1.29 is 29.3 Å². The molecule has 0 radical (unpaired) electrons. The molecule has 0 aliphatic rings. The first-order valence-corrected chi connectivity index (χ1v) is 5.95. The van der Waals surface area contributed by atoms with Gasteiger partial charge in [-0.05, 0) is 25.1 Å². The second-order valence-corrected chi connectivity index (χ2v) is 3.89. The average molecular weight is 281 g/mol. The first kappa shape index (κ1) is 15.5. The predicted octanol–water partition coefficient (Wildman–Crippen LogP) is 1.37. The van der Waals surface area contributed by atoms with Gasteiger partial charge in [0.2, 0.25) is 5.91 Å². The van der Waals surface area contributed by atoms with Crippen LogP contribution in [0.25, 0.3) is 0 Å². The number of carbonyl (C=O) groups is 3. The van der Waals surface area contributed by atoms with Crippen LogP contribution >= 0.6 is 0 Å². The Balaban J connectivity index is 2.63. The molecule has 1 aromatic carbocycles. The third-order valence-electron chi connectivity index (χ3n) is 2.38. The van der Waals surface area contributed by atoms with Crippen LogP contribution in [0.1, 0.15) is 30.1 Å². The van der Waals surface area contributed by atoms with Gasteiger partial charge in [0, 0.05) is 6.42 Å². The zero-order valence-corrected chi connectivity index (χ0v) is 10.9. The van der Waals surface area contributed by atoms with E-state index in [9.17, 15) is 19.5 Å². The number of nitrogens with one attached hydrogen (secondary N) is 1. The summed E-state index contributed by atoms with van der Waals surface area (Å²) in [6.07, 6.45) is -0.200. The number of aromatic hydroxyl groups is 1. The maximum atomic E-state index is 11.6. The Kier molecular flexibility index (Phi) is 5.52. The summed E-state index contributed by atoms with van der Waals surface area (Å²) >= 11 is 0. The zero-order valence-electron chi connectivity index (χ0n) is 10.9. The quantitative estimate of drug-likeness (QED) is 0.536. The molecule has 0 spiro atoms. The van der Waals surface area contributed by atoms with E-state index in [-0.39, 0.29) is 36.4 Å². The Bertz CT molecular complexity index is 526. The van der Waals surface area contributed by atoms with Gasteiger partial charge in [-0.3, -0.25) is 9.59 Å². The number of anilines is 1. The summed E-state index contributed by atoms with van der Waals surface area (Å²) in [4.78, 5) is 33.4. The molecular formula is C13H15NO6. The highest BCUT2D eigenvalue weighted by molar-refractivity contribution is 5.96. The molecule has 108 valence electrons. The number of aromatic carboxylic acids is 1. The van der Waals surface area contributed by atoms with Gasteiger partial charge in [0.1, 0.15) is 5.75 Å². The number of hydrogen-bond acceptors (Lipinski definition) is 5. The van der Waals surface area contributed by atoms with Crippen molar-refractivity contribution in [1.82, 2.24) is 0 Å². The molecule has 1 amide bonds. The largest absolute Gasteiger partial charge is 0.506 e. The van der Waals surface area contributed by atoms with Gasteiger partial charge in [0.15, 0.2) is 0 Å². The molecule has 0 aliphatic carbocycles. The Hall–Kier alpha value is -2.57. The van der Waals surface area contributed by atoms with E-state index < -0.39 is 17.8 Å². The molecule has 0 aromatic heterocycles. The summed E-state index contributed by atoms with van der Waals surface area (Å²) < 4.78 is 4.67. The smallest absolute Gasteiger partial charge is 0.335 e. The fourth-order valence-corrected chi connectivity index (χ4v) is 1.43. The molecule has 20 heavy (non-hydrogen) atoms. The Morgan fingerprint density at radius 2 is 1.95 bits per heavy atom. The van der Waals surface area contributed by atoms with Gasteiger partial charge >= 0.3 is 11.9 Å². The van der Waals surface area contributed by atoms with Crippen LogP contribution in [0.4, 0.5) is 5.69 Å². The second kappa shape index (κ2) is 7.13. The fraction of sp³-hybridized carbons (Fsp3) is 0.308. The molecule has 0 atom stereocenters. The summed E-state index contributed by atoms with van der Waals surface area (Å²) in [7, 11) is 0. The van der Waals surface area contributed by atoms with Crippen LogP contribution in [0.15, 0.2) is 18.2 Å². The predicted molar refractivity (Wildman–Crippen MR) is 69.6 cm³/mol. The van der Waals surface area contributed by atoms with Gasteiger partial charge in [-0.1, -0.05) is 0 Å². The lowest BCUT2D eigenvalue weighted by molar-refractivity contribution is -0.144.